The second-order valence-corrected chi connectivity index (χ2v) is 5.51. The van der Waals surface area contributed by atoms with Crippen molar-refractivity contribution in [2.24, 2.45) is 0 Å². The van der Waals surface area contributed by atoms with Crippen LogP contribution in [0.2, 0.25) is 0 Å². The molecule has 0 aliphatic heterocycles. The number of ether oxygens (including phenoxy) is 1. The molecule has 0 radical (unpaired) electrons. The average molecular weight is 344 g/mol. The minimum absolute atomic E-state index is 0.0102. The Kier molecular flexibility index (Phi) is 6.77. The van der Waals surface area contributed by atoms with E-state index in [1.54, 1.807) is 0 Å². The van der Waals surface area contributed by atoms with E-state index in [1.165, 1.54) is 19.2 Å². The van der Waals surface area contributed by atoms with Crippen LogP contribution in [0.25, 0.3) is 0 Å². The largest absolute Gasteiger partial charge is 0.463 e. The summed E-state index contributed by atoms with van der Waals surface area (Å²) in [6.07, 6.45) is 0. The maximum absolute atomic E-state index is 12.3. The second-order valence-electron chi connectivity index (χ2n) is 5.51. The SMILES string of the molecule is CCN(CC)[C@@H](CNC(=O)c1ccc(C(=O)OC)o1)c1ccccc1. The molecule has 2 aromatic rings. The van der Waals surface area contributed by atoms with Crippen LogP contribution in [0.5, 0.6) is 0 Å². The van der Waals surface area contributed by atoms with Crippen LogP contribution in [0.1, 0.15) is 46.6 Å². The third-order valence-electron chi connectivity index (χ3n) is 4.11. The number of hydrogen-bond acceptors (Lipinski definition) is 5. The van der Waals surface area contributed by atoms with Crippen molar-refractivity contribution in [3.63, 3.8) is 0 Å². The lowest BCUT2D eigenvalue weighted by atomic mass is 10.1. The van der Waals surface area contributed by atoms with Gasteiger partial charge in [-0.15, -0.1) is 0 Å². The maximum atomic E-state index is 12.3. The molecule has 0 saturated carbocycles. The van der Waals surface area contributed by atoms with E-state index >= 15 is 0 Å². The summed E-state index contributed by atoms with van der Waals surface area (Å²) in [5, 5.41) is 2.89. The van der Waals surface area contributed by atoms with Crippen LogP contribution >= 0.6 is 0 Å². The summed E-state index contributed by atoms with van der Waals surface area (Å²) in [5.74, 6) is -0.865. The number of rotatable bonds is 8. The van der Waals surface area contributed by atoms with Gasteiger partial charge >= 0.3 is 5.97 Å². The molecule has 0 saturated heterocycles. The Bertz CT molecular complexity index is 692. The first-order valence-electron chi connectivity index (χ1n) is 8.36. The minimum atomic E-state index is -0.607. The number of hydrogen-bond donors (Lipinski definition) is 1. The first-order valence-corrected chi connectivity index (χ1v) is 8.36. The van der Waals surface area contributed by atoms with Gasteiger partial charge in [0.15, 0.2) is 5.76 Å². The quantitative estimate of drug-likeness (QED) is 0.746. The van der Waals surface area contributed by atoms with Crippen LogP contribution < -0.4 is 5.32 Å². The zero-order valence-corrected chi connectivity index (χ0v) is 14.8. The highest BCUT2D eigenvalue weighted by Gasteiger charge is 2.21. The predicted molar refractivity (Wildman–Crippen MR) is 94.5 cm³/mol. The normalized spacial score (nSPS) is 12.0. The molecule has 134 valence electrons. The second kappa shape index (κ2) is 9.03. The zero-order chi connectivity index (χ0) is 18.2. The molecule has 0 aliphatic rings. The monoisotopic (exact) mass is 344 g/mol. The highest BCUT2D eigenvalue weighted by atomic mass is 16.5. The molecule has 1 aromatic carbocycles. The summed E-state index contributed by atoms with van der Waals surface area (Å²) < 4.78 is 9.82. The topological polar surface area (TPSA) is 71.8 Å². The van der Waals surface area contributed by atoms with Crippen molar-refractivity contribution in [1.82, 2.24) is 10.2 Å². The minimum Gasteiger partial charge on any atom is -0.463 e. The number of furan rings is 1. The van der Waals surface area contributed by atoms with Crippen molar-refractivity contribution in [3.8, 4) is 0 Å². The van der Waals surface area contributed by atoms with Gasteiger partial charge in [-0.2, -0.15) is 0 Å². The van der Waals surface area contributed by atoms with E-state index in [9.17, 15) is 9.59 Å². The van der Waals surface area contributed by atoms with Crippen molar-refractivity contribution >= 4 is 11.9 Å². The lowest BCUT2D eigenvalue weighted by Gasteiger charge is -2.30. The number of nitrogens with one attached hydrogen (secondary N) is 1. The predicted octanol–water partition coefficient (Wildman–Crippen LogP) is 2.88. The van der Waals surface area contributed by atoms with Crippen molar-refractivity contribution in [2.75, 3.05) is 26.7 Å². The Morgan fingerprint density at radius 1 is 1.08 bits per heavy atom. The Morgan fingerprint density at radius 3 is 2.32 bits per heavy atom. The smallest absolute Gasteiger partial charge is 0.373 e. The number of carbonyl (C=O) groups excluding carboxylic acids is 2. The Morgan fingerprint density at radius 2 is 1.72 bits per heavy atom. The molecule has 6 heteroatoms. The van der Waals surface area contributed by atoms with Crippen molar-refractivity contribution < 1.29 is 18.7 Å². The zero-order valence-electron chi connectivity index (χ0n) is 14.8. The summed E-state index contributed by atoms with van der Waals surface area (Å²) in [6.45, 7) is 6.38. The molecule has 1 aromatic heterocycles. The first-order chi connectivity index (χ1) is 12.1. The molecule has 1 heterocycles. The molecule has 0 fully saturated rings. The summed E-state index contributed by atoms with van der Waals surface area (Å²) >= 11 is 0. The van der Waals surface area contributed by atoms with E-state index in [4.69, 9.17) is 4.42 Å². The fourth-order valence-electron chi connectivity index (χ4n) is 2.74. The van der Waals surface area contributed by atoms with E-state index in [1.807, 2.05) is 18.2 Å². The number of amides is 1. The Labute approximate surface area is 147 Å². The lowest BCUT2D eigenvalue weighted by molar-refractivity contribution is 0.0562. The van der Waals surface area contributed by atoms with E-state index < -0.39 is 5.97 Å². The summed E-state index contributed by atoms with van der Waals surface area (Å²) in [6, 6.07) is 13.0. The molecular formula is C19H24N2O4. The lowest BCUT2D eigenvalue weighted by Crippen LogP contribution is -2.38. The van der Waals surface area contributed by atoms with Crippen LogP contribution in [0.4, 0.5) is 0 Å². The molecule has 0 spiro atoms. The fraction of sp³-hybridized carbons (Fsp3) is 0.368. The van der Waals surface area contributed by atoms with Crippen LogP contribution in [0, 0.1) is 0 Å². The number of nitrogens with zero attached hydrogens (tertiary/aromatic N) is 1. The molecule has 0 bridgehead atoms. The number of carbonyl (C=O) groups is 2. The average Bonchev–Trinajstić information content (AvgIpc) is 3.15. The van der Waals surface area contributed by atoms with Crippen LogP contribution in [0.3, 0.4) is 0 Å². The highest BCUT2D eigenvalue weighted by molar-refractivity contribution is 5.93. The molecule has 1 atom stereocenters. The standard InChI is InChI=1S/C19H24N2O4/c1-4-21(5-2)15(14-9-7-6-8-10-14)13-20-18(22)16-11-12-17(25-16)19(23)24-3/h6-12,15H,4-5,13H2,1-3H3,(H,20,22)/t15-/m0/s1. The van der Waals surface area contributed by atoms with Gasteiger partial charge in [0, 0.05) is 6.54 Å². The first kappa shape index (κ1) is 18.7. The van der Waals surface area contributed by atoms with Crippen LogP contribution in [-0.2, 0) is 4.74 Å². The molecular weight excluding hydrogens is 320 g/mol. The van der Waals surface area contributed by atoms with E-state index in [0.29, 0.717) is 6.54 Å². The molecule has 1 N–H and O–H groups in total. The Hall–Kier alpha value is -2.60. The van der Waals surface area contributed by atoms with E-state index in [0.717, 1.165) is 18.7 Å². The third-order valence-corrected chi connectivity index (χ3v) is 4.11. The van der Waals surface area contributed by atoms with Gasteiger partial charge in [0.25, 0.3) is 5.91 Å². The van der Waals surface area contributed by atoms with Crippen molar-refractivity contribution in [3.05, 3.63) is 59.5 Å². The third kappa shape index (κ3) is 4.70. The van der Waals surface area contributed by atoms with Crippen LogP contribution in [-0.4, -0.2) is 43.5 Å². The van der Waals surface area contributed by atoms with Gasteiger partial charge in [0.1, 0.15) is 0 Å². The number of benzene rings is 1. The van der Waals surface area contributed by atoms with E-state index in [2.05, 4.69) is 40.9 Å². The van der Waals surface area contributed by atoms with Gasteiger partial charge in [-0.1, -0.05) is 44.2 Å². The summed E-state index contributed by atoms with van der Waals surface area (Å²) in [5.41, 5.74) is 1.14. The fourth-order valence-corrected chi connectivity index (χ4v) is 2.74. The molecule has 1 amide bonds. The van der Waals surface area contributed by atoms with Gasteiger partial charge in [0.2, 0.25) is 5.76 Å². The highest BCUT2D eigenvalue weighted by Crippen LogP contribution is 2.19. The van der Waals surface area contributed by atoms with Crippen LogP contribution in [0.15, 0.2) is 46.9 Å². The van der Waals surface area contributed by atoms with Gasteiger partial charge in [-0.3, -0.25) is 9.69 Å². The molecule has 0 unspecified atom stereocenters. The number of esters is 1. The summed E-state index contributed by atoms with van der Waals surface area (Å²) in [7, 11) is 1.26. The van der Waals surface area contributed by atoms with Gasteiger partial charge in [-0.05, 0) is 30.8 Å². The van der Waals surface area contributed by atoms with Gasteiger partial charge in [-0.25, -0.2) is 4.79 Å². The molecule has 6 nitrogen and oxygen atoms in total. The molecule has 2 rings (SSSR count). The van der Waals surface area contributed by atoms with Crippen molar-refractivity contribution in [2.45, 2.75) is 19.9 Å². The van der Waals surface area contributed by atoms with Gasteiger partial charge < -0.3 is 14.5 Å². The maximum Gasteiger partial charge on any atom is 0.373 e. The number of methoxy groups -OCH3 is 1. The Balaban J connectivity index is 2.08. The molecule has 25 heavy (non-hydrogen) atoms. The van der Waals surface area contributed by atoms with Gasteiger partial charge in [0.05, 0.1) is 13.2 Å². The van der Waals surface area contributed by atoms with Crippen molar-refractivity contribution in [1.29, 1.82) is 0 Å². The summed E-state index contributed by atoms with van der Waals surface area (Å²) in [4.78, 5) is 26.0. The number of likely N-dealkylation sites (N-methyl/N-ethyl adjacent to an activating group) is 1. The molecule has 0 aliphatic carbocycles. The van der Waals surface area contributed by atoms with E-state index in [-0.39, 0.29) is 23.5 Å².